The Morgan fingerprint density at radius 2 is 2.03 bits per heavy atom. The number of rotatable bonds is 7. The summed E-state index contributed by atoms with van der Waals surface area (Å²) < 4.78 is 1.63. The summed E-state index contributed by atoms with van der Waals surface area (Å²) >= 11 is 1.77. The fraction of sp³-hybridized carbons (Fsp3) is 0.286. The number of anilines is 1. The lowest BCUT2D eigenvalue weighted by atomic mass is 10.1. The highest BCUT2D eigenvalue weighted by Gasteiger charge is 2.16. The zero-order chi connectivity index (χ0) is 20.6. The number of thiophene rings is 1. The number of hydrogen-bond donors (Lipinski definition) is 3. The van der Waals surface area contributed by atoms with E-state index in [4.69, 9.17) is 5.73 Å². The van der Waals surface area contributed by atoms with E-state index < -0.39 is 0 Å². The molecule has 0 bridgehead atoms. The lowest BCUT2D eigenvalue weighted by Crippen LogP contribution is -2.37. The van der Waals surface area contributed by atoms with Crippen molar-refractivity contribution in [2.75, 3.05) is 19.3 Å². The maximum Gasteiger partial charge on any atom is 0.191 e. The van der Waals surface area contributed by atoms with Gasteiger partial charge in [0.25, 0.3) is 0 Å². The molecule has 29 heavy (non-hydrogen) atoms. The van der Waals surface area contributed by atoms with E-state index >= 15 is 0 Å². The van der Waals surface area contributed by atoms with E-state index in [1.165, 1.54) is 9.75 Å². The summed E-state index contributed by atoms with van der Waals surface area (Å²) in [6.07, 6.45) is 1.46. The van der Waals surface area contributed by atoms with E-state index in [-0.39, 0.29) is 0 Å². The Bertz CT molecular complexity index is 1010. The van der Waals surface area contributed by atoms with Gasteiger partial charge in [0, 0.05) is 23.3 Å². The third-order valence-electron chi connectivity index (χ3n) is 4.44. The lowest BCUT2D eigenvalue weighted by Gasteiger charge is -2.10. The standard InChI is InChI=1S/C21H25N7S/c1-15-10-11-17(29-15)14-26-21(24-2)25-12-6-9-19-18(13-22)20(23)28(27-19)16-7-4-3-5-8-16/h3-5,7-8,10-11H,6,9,12,14,23H2,1-2H3,(H2,24,25,26). The van der Waals surface area contributed by atoms with Gasteiger partial charge < -0.3 is 16.4 Å². The van der Waals surface area contributed by atoms with Gasteiger partial charge in [0.1, 0.15) is 17.5 Å². The number of hydrogen-bond acceptors (Lipinski definition) is 5. The number of para-hydroxylation sites is 1. The van der Waals surface area contributed by atoms with Crippen molar-refractivity contribution >= 4 is 23.1 Å². The van der Waals surface area contributed by atoms with Gasteiger partial charge in [-0.05, 0) is 44.0 Å². The van der Waals surface area contributed by atoms with E-state index in [1.807, 2.05) is 30.3 Å². The summed E-state index contributed by atoms with van der Waals surface area (Å²) in [7, 11) is 1.75. The van der Waals surface area contributed by atoms with Crippen LogP contribution in [0.25, 0.3) is 5.69 Å². The van der Waals surface area contributed by atoms with Crippen LogP contribution in [0.4, 0.5) is 5.82 Å². The molecule has 2 aromatic heterocycles. The normalized spacial score (nSPS) is 11.3. The summed E-state index contributed by atoms with van der Waals surface area (Å²) in [5.74, 6) is 1.14. The number of nitrogens with zero attached hydrogens (tertiary/aromatic N) is 4. The molecule has 150 valence electrons. The third kappa shape index (κ3) is 5.15. The van der Waals surface area contributed by atoms with Crippen molar-refractivity contribution in [3.63, 3.8) is 0 Å². The van der Waals surface area contributed by atoms with Gasteiger partial charge in [-0.3, -0.25) is 4.99 Å². The Kier molecular flexibility index (Phi) is 6.87. The molecular formula is C21H25N7S. The Balaban J connectivity index is 1.54. The van der Waals surface area contributed by atoms with Gasteiger partial charge in [-0.25, -0.2) is 4.68 Å². The van der Waals surface area contributed by atoms with Crippen LogP contribution in [0.3, 0.4) is 0 Å². The van der Waals surface area contributed by atoms with Crippen molar-refractivity contribution in [1.82, 2.24) is 20.4 Å². The van der Waals surface area contributed by atoms with Crippen molar-refractivity contribution in [3.8, 4) is 11.8 Å². The van der Waals surface area contributed by atoms with Crippen molar-refractivity contribution < 1.29 is 0 Å². The molecule has 3 aromatic rings. The summed E-state index contributed by atoms with van der Waals surface area (Å²) in [5.41, 5.74) is 8.16. The van der Waals surface area contributed by atoms with Gasteiger partial charge in [0.15, 0.2) is 5.96 Å². The van der Waals surface area contributed by atoms with Crippen LogP contribution >= 0.6 is 11.3 Å². The second-order valence-corrected chi connectivity index (χ2v) is 7.91. The van der Waals surface area contributed by atoms with Gasteiger partial charge in [-0.15, -0.1) is 11.3 Å². The number of nitriles is 1. The van der Waals surface area contributed by atoms with Gasteiger partial charge in [0.05, 0.1) is 17.9 Å². The minimum Gasteiger partial charge on any atom is -0.382 e. The Morgan fingerprint density at radius 1 is 1.24 bits per heavy atom. The predicted octanol–water partition coefficient (Wildman–Crippen LogP) is 2.99. The number of benzene rings is 1. The first-order chi connectivity index (χ1) is 14.1. The first-order valence-corrected chi connectivity index (χ1v) is 10.3. The summed E-state index contributed by atoms with van der Waals surface area (Å²) in [5, 5.41) is 20.7. The van der Waals surface area contributed by atoms with Gasteiger partial charge in [-0.2, -0.15) is 10.4 Å². The van der Waals surface area contributed by atoms with Gasteiger partial charge >= 0.3 is 0 Å². The first kappa shape index (κ1) is 20.4. The molecule has 8 heteroatoms. The molecule has 0 amide bonds. The number of nitrogen functional groups attached to an aromatic ring is 1. The highest BCUT2D eigenvalue weighted by molar-refractivity contribution is 7.11. The second kappa shape index (κ2) is 9.75. The summed E-state index contributed by atoms with van der Waals surface area (Å²) in [6, 6.07) is 16.0. The molecule has 0 radical (unpaired) electrons. The Morgan fingerprint density at radius 3 is 2.69 bits per heavy atom. The smallest absolute Gasteiger partial charge is 0.191 e. The van der Waals surface area contributed by atoms with E-state index in [0.717, 1.165) is 24.6 Å². The van der Waals surface area contributed by atoms with Crippen LogP contribution in [-0.2, 0) is 13.0 Å². The van der Waals surface area contributed by atoms with Gasteiger partial charge in [-0.1, -0.05) is 18.2 Å². The first-order valence-electron chi connectivity index (χ1n) is 9.45. The molecule has 4 N–H and O–H groups in total. The number of nitrogens with one attached hydrogen (secondary N) is 2. The van der Waals surface area contributed by atoms with E-state index in [0.29, 0.717) is 30.0 Å². The van der Waals surface area contributed by atoms with Crippen LogP contribution in [0, 0.1) is 18.3 Å². The fourth-order valence-corrected chi connectivity index (χ4v) is 3.81. The molecule has 0 aliphatic heterocycles. The molecule has 1 aromatic carbocycles. The number of aliphatic imine (C=N–C) groups is 1. The molecule has 0 aliphatic rings. The quantitative estimate of drug-likeness (QED) is 0.317. The maximum absolute atomic E-state index is 9.50. The predicted molar refractivity (Wildman–Crippen MR) is 118 cm³/mol. The van der Waals surface area contributed by atoms with Crippen molar-refractivity contribution in [1.29, 1.82) is 5.26 Å². The maximum atomic E-state index is 9.50. The second-order valence-electron chi connectivity index (χ2n) is 6.53. The number of guanidine groups is 1. The lowest BCUT2D eigenvalue weighted by molar-refractivity contribution is 0.723. The van der Waals surface area contributed by atoms with E-state index in [2.05, 4.69) is 45.9 Å². The number of aryl methyl sites for hydroxylation is 2. The average Bonchev–Trinajstić information content (AvgIpc) is 3.30. The molecule has 0 atom stereocenters. The molecular weight excluding hydrogens is 382 g/mol. The monoisotopic (exact) mass is 407 g/mol. The largest absolute Gasteiger partial charge is 0.382 e. The highest BCUT2D eigenvalue weighted by Crippen LogP contribution is 2.21. The molecule has 0 spiro atoms. The summed E-state index contributed by atoms with van der Waals surface area (Å²) in [6.45, 7) is 3.56. The Labute approximate surface area is 174 Å². The SMILES string of the molecule is CN=C(NCCCc1nn(-c2ccccc2)c(N)c1C#N)NCc1ccc(C)s1. The van der Waals surface area contributed by atoms with Crippen LogP contribution in [0.15, 0.2) is 47.5 Å². The fourth-order valence-electron chi connectivity index (χ4n) is 2.98. The molecule has 0 unspecified atom stereocenters. The van der Waals surface area contributed by atoms with Crippen molar-refractivity contribution in [2.45, 2.75) is 26.3 Å². The molecule has 3 rings (SSSR count). The molecule has 0 aliphatic carbocycles. The van der Waals surface area contributed by atoms with Crippen LogP contribution < -0.4 is 16.4 Å². The van der Waals surface area contributed by atoms with Crippen LogP contribution in [0.5, 0.6) is 0 Å². The molecule has 0 saturated carbocycles. The van der Waals surface area contributed by atoms with Gasteiger partial charge in [0.2, 0.25) is 0 Å². The van der Waals surface area contributed by atoms with E-state index in [9.17, 15) is 5.26 Å². The average molecular weight is 408 g/mol. The zero-order valence-electron chi connectivity index (χ0n) is 16.6. The number of aromatic nitrogens is 2. The minimum absolute atomic E-state index is 0.380. The number of nitrogens with two attached hydrogens (primary N) is 1. The molecule has 7 nitrogen and oxygen atoms in total. The topological polar surface area (TPSA) is 104 Å². The highest BCUT2D eigenvalue weighted by atomic mass is 32.1. The molecule has 0 saturated heterocycles. The summed E-state index contributed by atoms with van der Waals surface area (Å²) in [4.78, 5) is 6.82. The van der Waals surface area contributed by atoms with Crippen molar-refractivity contribution in [2.24, 2.45) is 4.99 Å². The van der Waals surface area contributed by atoms with Crippen LogP contribution in [0.2, 0.25) is 0 Å². The van der Waals surface area contributed by atoms with Crippen LogP contribution in [-0.4, -0.2) is 29.3 Å². The van der Waals surface area contributed by atoms with Crippen LogP contribution in [0.1, 0.15) is 27.4 Å². The molecule has 2 heterocycles. The zero-order valence-corrected chi connectivity index (χ0v) is 17.5. The minimum atomic E-state index is 0.380. The molecule has 0 fully saturated rings. The Hall–Kier alpha value is -3.31. The third-order valence-corrected chi connectivity index (χ3v) is 5.44. The van der Waals surface area contributed by atoms with Crippen molar-refractivity contribution in [3.05, 3.63) is 63.5 Å². The van der Waals surface area contributed by atoms with E-state index in [1.54, 1.807) is 23.1 Å².